The zero-order valence-electron chi connectivity index (χ0n) is 17.4. The Bertz CT molecular complexity index is 807. The predicted molar refractivity (Wildman–Crippen MR) is 107 cm³/mol. The van der Waals surface area contributed by atoms with Crippen LogP contribution in [0.1, 0.15) is 44.7 Å². The largest absolute Gasteiger partial charge is 0.460 e. The summed E-state index contributed by atoms with van der Waals surface area (Å²) >= 11 is 0. The lowest BCUT2D eigenvalue weighted by molar-refractivity contribution is -0.143. The van der Waals surface area contributed by atoms with Gasteiger partial charge in [0.2, 0.25) is 0 Å². The summed E-state index contributed by atoms with van der Waals surface area (Å²) in [7, 11) is 1.54. The lowest BCUT2D eigenvalue weighted by Gasteiger charge is -2.31. The number of aryl methyl sites for hydroxylation is 1. The van der Waals surface area contributed by atoms with Gasteiger partial charge in [-0.3, -0.25) is 0 Å². The zero-order valence-corrected chi connectivity index (χ0v) is 17.4. The predicted octanol–water partition coefficient (Wildman–Crippen LogP) is 3.37. The number of carbonyl (C=O) groups excluding carboxylic acids is 2. The van der Waals surface area contributed by atoms with Crippen LogP contribution in [-0.2, 0) is 23.8 Å². The highest BCUT2D eigenvalue weighted by Crippen LogP contribution is 2.39. The van der Waals surface area contributed by atoms with Crippen LogP contribution in [0.5, 0.6) is 0 Å². The third kappa shape index (κ3) is 5.01. The lowest BCUT2D eigenvalue weighted by Crippen LogP contribution is -2.33. The number of methoxy groups -OCH3 is 1. The Morgan fingerprint density at radius 1 is 1.04 bits per heavy atom. The normalized spacial score (nSPS) is 16.9. The van der Waals surface area contributed by atoms with E-state index in [0.29, 0.717) is 29.1 Å². The molecule has 152 valence electrons. The number of benzene rings is 1. The Morgan fingerprint density at radius 3 is 2.25 bits per heavy atom. The molecule has 1 N–H and O–H groups in total. The molecule has 2 rings (SSSR count). The van der Waals surface area contributed by atoms with Crippen LogP contribution in [0, 0.1) is 6.92 Å². The van der Waals surface area contributed by atoms with E-state index in [0.717, 1.165) is 11.1 Å². The highest BCUT2D eigenvalue weighted by Gasteiger charge is 2.38. The number of rotatable bonds is 7. The average Bonchev–Trinajstić information content (AvgIpc) is 2.60. The molecule has 1 unspecified atom stereocenters. The number of ether oxygens (including phenoxy) is 3. The van der Waals surface area contributed by atoms with Crippen molar-refractivity contribution < 1.29 is 23.8 Å². The van der Waals surface area contributed by atoms with E-state index in [-0.39, 0.29) is 12.7 Å². The monoisotopic (exact) mass is 387 g/mol. The van der Waals surface area contributed by atoms with Gasteiger partial charge in [-0.15, -0.1) is 0 Å². The first-order chi connectivity index (χ1) is 13.3. The fraction of sp³-hybridized carbons (Fsp3) is 0.455. The van der Waals surface area contributed by atoms with Crippen LogP contribution in [0.15, 0.2) is 46.8 Å². The molecule has 1 aromatic carbocycles. The maximum atomic E-state index is 12.9. The van der Waals surface area contributed by atoms with Gasteiger partial charge >= 0.3 is 11.9 Å². The van der Waals surface area contributed by atoms with E-state index in [2.05, 4.69) is 5.32 Å². The summed E-state index contributed by atoms with van der Waals surface area (Å²) in [6, 6.07) is 7.77. The first kappa shape index (κ1) is 21.7. The van der Waals surface area contributed by atoms with E-state index in [9.17, 15) is 9.59 Å². The van der Waals surface area contributed by atoms with Gasteiger partial charge in [0.1, 0.15) is 6.61 Å². The molecule has 0 fully saturated rings. The van der Waals surface area contributed by atoms with Crippen molar-refractivity contribution in [2.45, 2.75) is 46.6 Å². The van der Waals surface area contributed by atoms with E-state index < -0.39 is 17.9 Å². The Balaban J connectivity index is 2.54. The molecule has 28 heavy (non-hydrogen) atoms. The topological polar surface area (TPSA) is 73.9 Å². The van der Waals surface area contributed by atoms with E-state index in [1.54, 1.807) is 21.0 Å². The SMILES string of the molecule is COCCOC(=O)C1=C(C)NC(C)=C(C(=O)OC(C)C)C1c1cccc(C)c1. The van der Waals surface area contributed by atoms with Gasteiger partial charge in [-0.1, -0.05) is 29.8 Å². The van der Waals surface area contributed by atoms with E-state index >= 15 is 0 Å². The zero-order chi connectivity index (χ0) is 20.8. The van der Waals surface area contributed by atoms with E-state index in [1.165, 1.54) is 0 Å². The highest BCUT2D eigenvalue weighted by atomic mass is 16.6. The molecule has 0 spiro atoms. The summed E-state index contributed by atoms with van der Waals surface area (Å²) in [4.78, 5) is 25.8. The molecular weight excluding hydrogens is 358 g/mol. The minimum absolute atomic E-state index is 0.140. The Hall–Kier alpha value is -2.60. The van der Waals surface area contributed by atoms with E-state index in [4.69, 9.17) is 14.2 Å². The molecule has 0 saturated heterocycles. The molecule has 1 aliphatic heterocycles. The second-order valence-electron chi connectivity index (χ2n) is 7.13. The van der Waals surface area contributed by atoms with Gasteiger partial charge in [0.15, 0.2) is 0 Å². The second-order valence-corrected chi connectivity index (χ2v) is 7.13. The molecule has 1 heterocycles. The Kier molecular flexibility index (Phi) is 7.40. The van der Waals surface area contributed by atoms with Crippen molar-refractivity contribution in [1.82, 2.24) is 5.32 Å². The number of allylic oxidation sites excluding steroid dienone is 2. The summed E-state index contributed by atoms with van der Waals surface area (Å²) < 4.78 is 15.8. The van der Waals surface area contributed by atoms with Crippen LogP contribution in [0.25, 0.3) is 0 Å². The Morgan fingerprint density at radius 2 is 1.68 bits per heavy atom. The summed E-state index contributed by atoms with van der Waals surface area (Å²) in [6.07, 6.45) is -0.268. The molecule has 0 amide bonds. The summed E-state index contributed by atoms with van der Waals surface area (Å²) in [5.74, 6) is -1.49. The number of dihydropyridines is 1. The molecule has 0 saturated carbocycles. The summed E-state index contributed by atoms with van der Waals surface area (Å²) in [5, 5.41) is 3.15. The molecular formula is C22H29NO5. The molecule has 0 radical (unpaired) electrons. The molecule has 6 nitrogen and oxygen atoms in total. The Labute approximate surface area is 166 Å². The van der Waals surface area contributed by atoms with Crippen molar-refractivity contribution in [3.63, 3.8) is 0 Å². The lowest BCUT2D eigenvalue weighted by atomic mass is 9.80. The summed E-state index contributed by atoms with van der Waals surface area (Å²) in [5.41, 5.74) is 4.03. The first-order valence-electron chi connectivity index (χ1n) is 9.38. The van der Waals surface area contributed by atoms with Gasteiger partial charge in [0, 0.05) is 18.5 Å². The fourth-order valence-corrected chi connectivity index (χ4v) is 3.29. The van der Waals surface area contributed by atoms with Crippen LogP contribution < -0.4 is 5.32 Å². The molecule has 1 aliphatic rings. The standard InChI is InChI=1S/C22H29NO5/c1-13(2)28-22(25)19-16(5)23-15(4)18(21(24)27-11-10-26-6)20(19)17-9-7-8-14(3)12-17/h7-9,12-13,20,23H,10-11H2,1-6H3. The molecule has 0 aliphatic carbocycles. The van der Waals surface area contributed by atoms with Crippen LogP contribution in [0.4, 0.5) is 0 Å². The molecule has 1 aromatic rings. The van der Waals surface area contributed by atoms with Gasteiger partial charge in [-0.25, -0.2) is 9.59 Å². The third-order valence-electron chi connectivity index (χ3n) is 4.44. The van der Waals surface area contributed by atoms with Crippen LogP contribution in [-0.4, -0.2) is 38.4 Å². The van der Waals surface area contributed by atoms with E-state index in [1.807, 2.05) is 45.0 Å². The highest BCUT2D eigenvalue weighted by molar-refractivity contribution is 5.99. The molecule has 0 aromatic heterocycles. The minimum atomic E-state index is -0.567. The molecule has 1 atom stereocenters. The molecule has 0 bridgehead atoms. The van der Waals surface area contributed by atoms with Crippen molar-refractivity contribution >= 4 is 11.9 Å². The number of esters is 2. The van der Waals surface area contributed by atoms with Crippen molar-refractivity contribution in [2.24, 2.45) is 0 Å². The van der Waals surface area contributed by atoms with Gasteiger partial charge < -0.3 is 19.5 Å². The van der Waals surface area contributed by atoms with Crippen molar-refractivity contribution in [3.05, 3.63) is 57.9 Å². The van der Waals surface area contributed by atoms with Gasteiger partial charge in [0.05, 0.1) is 29.8 Å². The quantitative estimate of drug-likeness (QED) is 0.571. The van der Waals surface area contributed by atoms with Crippen LogP contribution >= 0.6 is 0 Å². The van der Waals surface area contributed by atoms with Crippen molar-refractivity contribution in [2.75, 3.05) is 20.3 Å². The van der Waals surface area contributed by atoms with Gasteiger partial charge in [-0.05, 0) is 40.2 Å². The van der Waals surface area contributed by atoms with Crippen molar-refractivity contribution in [1.29, 1.82) is 0 Å². The first-order valence-corrected chi connectivity index (χ1v) is 9.38. The number of nitrogens with one attached hydrogen (secondary N) is 1. The molecule has 6 heteroatoms. The summed E-state index contributed by atoms with van der Waals surface area (Å²) in [6.45, 7) is 9.64. The number of hydrogen-bond donors (Lipinski definition) is 1. The fourth-order valence-electron chi connectivity index (χ4n) is 3.29. The van der Waals surface area contributed by atoms with Gasteiger partial charge in [0.25, 0.3) is 0 Å². The maximum Gasteiger partial charge on any atom is 0.337 e. The van der Waals surface area contributed by atoms with Crippen LogP contribution in [0.3, 0.4) is 0 Å². The number of carbonyl (C=O) groups is 2. The smallest absolute Gasteiger partial charge is 0.337 e. The maximum absolute atomic E-state index is 12.9. The van der Waals surface area contributed by atoms with Gasteiger partial charge in [-0.2, -0.15) is 0 Å². The van der Waals surface area contributed by atoms with Crippen LogP contribution in [0.2, 0.25) is 0 Å². The van der Waals surface area contributed by atoms with Crippen molar-refractivity contribution in [3.8, 4) is 0 Å². The second kappa shape index (κ2) is 9.55. The minimum Gasteiger partial charge on any atom is -0.460 e. The third-order valence-corrected chi connectivity index (χ3v) is 4.44. The number of hydrogen-bond acceptors (Lipinski definition) is 6. The average molecular weight is 387 g/mol.